The zero-order chi connectivity index (χ0) is 11.1. The van der Waals surface area contributed by atoms with E-state index >= 15 is 0 Å². The third-order valence-electron chi connectivity index (χ3n) is 1.90. The molecule has 6 nitrogen and oxygen atoms in total. The maximum atomic E-state index is 11.2. The van der Waals surface area contributed by atoms with Crippen LogP contribution in [0.1, 0.15) is 5.56 Å². The largest absolute Gasteiger partial charge is 0.372 e. The first kappa shape index (κ1) is 11.1. The molecule has 1 aromatic rings. The number of benzene rings is 1. The van der Waals surface area contributed by atoms with E-state index in [1.54, 1.807) is 0 Å². The van der Waals surface area contributed by atoms with Crippen molar-refractivity contribution in [2.45, 2.75) is 12.5 Å². The summed E-state index contributed by atoms with van der Waals surface area (Å²) in [7, 11) is 0. The van der Waals surface area contributed by atoms with Gasteiger partial charge in [0.25, 0.3) is 0 Å². The Morgan fingerprint density at radius 3 is 2.73 bits per heavy atom. The Kier molecular flexibility index (Phi) is 4.24. The van der Waals surface area contributed by atoms with Crippen LogP contribution < -0.4 is 11.3 Å². The van der Waals surface area contributed by atoms with Gasteiger partial charge in [-0.25, -0.2) is 4.79 Å². The number of nitrogens with one attached hydrogen (secondary N) is 2. The van der Waals surface area contributed by atoms with Gasteiger partial charge in [0.05, 0.1) is 0 Å². The third kappa shape index (κ3) is 3.35. The van der Waals surface area contributed by atoms with Gasteiger partial charge >= 0.3 is 5.97 Å². The molecule has 0 unspecified atom stereocenters. The summed E-state index contributed by atoms with van der Waals surface area (Å²) in [5, 5.41) is 2.94. The molecule has 0 bridgehead atoms. The van der Waals surface area contributed by atoms with Crippen LogP contribution in [0.15, 0.2) is 35.6 Å². The zero-order valence-electron chi connectivity index (χ0n) is 8.01. The topological polar surface area (TPSA) is 101 Å². The number of hydrogen-bond acceptors (Lipinski definition) is 5. The first-order chi connectivity index (χ1) is 7.27. The highest BCUT2D eigenvalue weighted by atomic mass is 16.7. The highest BCUT2D eigenvalue weighted by molar-refractivity contribution is 5.75. The number of nitrogens with zero attached hydrogens (tertiary/aromatic N) is 1. The minimum Gasteiger partial charge on any atom is -0.372 e. The Morgan fingerprint density at radius 1 is 1.53 bits per heavy atom. The lowest BCUT2D eigenvalue weighted by atomic mass is 10.1. The summed E-state index contributed by atoms with van der Waals surface area (Å²) in [6, 6.07) is 8.60. The van der Waals surface area contributed by atoms with Crippen molar-refractivity contribution in [3.05, 3.63) is 35.9 Å². The lowest BCUT2D eigenvalue weighted by Crippen LogP contribution is -2.37. The van der Waals surface area contributed by atoms with Gasteiger partial charge in [-0.3, -0.25) is 5.43 Å². The van der Waals surface area contributed by atoms with Gasteiger partial charge in [0.2, 0.25) is 0 Å². The molecule has 1 atom stereocenters. The van der Waals surface area contributed by atoms with Crippen molar-refractivity contribution >= 4 is 5.97 Å². The zero-order valence-corrected chi connectivity index (χ0v) is 8.01. The van der Waals surface area contributed by atoms with E-state index in [1.807, 2.05) is 30.3 Å². The number of carbonyl (C=O) groups excluding carboxylic acids is 1. The molecule has 0 fully saturated rings. The summed E-state index contributed by atoms with van der Waals surface area (Å²) in [6.45, 7) is 0. The Morgan fingerprint density at radius 2 is 2.20 bits per heavy atom. The van der Waals surface area contributed by atoms with Crippen LogP contribution in [0.4, 0.5) is 0 Å². The van der Waals surface area contributed by atoms with E-state index in [0.29, 0.717) is 6.42 Å². The Balaban J connectivity index is 2.66. The van der Waals surface area contributed by atoms with E-state index in [9.17, 15) is 4.79 Å². The lowest BCUT2D eigenvalue weighted by molar-refractivity contribution is -0.146. The summed E-state index contributed by atoms with van der Waals surface area (Å²) in [4.78, 5) is 15.2. The molecular weight excluding hydrogens is 196 g/mol. The molecule has 15 heavy (non-hydrogen) atoms. The minimum absolute atomic E-state index is 0.374. The maximum Gasteiger partial charge on any atom is 0.349 e. The van der Waals surface area contributed by atoms with Crippen molar-refractivity contribution in [2.75, 3.05) is 0 Å². The average molecular weight is 208 g/mol. The minimum atomic E-state index is -0.727. The van der Waals surface area contributed by atoms with Crippen LogP contribution in [0.3, 0.4) is 0 Å². The fourth-order valence-corrected chi connectivity index (χ4v) is 1.19. The van der Waals surface area contributed by atoms with Crippen molar-refractivity contribution in [1.82, 2.24) is 5.43 Å². The molecule has 0 saturated heterocycles. The molecule has 0 radical (unpaired) electrons. The van der Waals surface area contributed by atoms with Crippen LogP contribution >= 0.6 is 0 Å². The molecule has 80 valence electrons. The van der Waals surface area contributed by atoms with Gasteiger partial charge in [-0.05, 0) is 5.56 Å². The number of hydrogen-bond donors (Lipinski definition) is 3. The monoisotopic (exact) mass is 208 g/mol. The van der Waals surface area contributed by atoms with E-state index in [1.165, 1.54) is 0 Å². The first-order valence-corrected chi connectivity index (χ1v) is 4.34. The van der Waals surface area contributed by atoms with Crippen LogP contribution in [-0.4, -0.2) is 12.0 Å². The smallest absolute Gasteiger partial charge is 0.349 e. The highest BCUT2D eigenvalue weighted by Gasteiger charge is 2.19. The quantitative estimate of drug-likeness (QED) is 0.486. The molecule has 0 aromatic heterocycles. The molecule has 0 heterocycles. The van der Waals surface area contributed by atoms with Crippen molar-refractivity contribution < 1.29 is 9.63 Å². The molecule has 4 N–H and O–H groups in total. The van der Waals surface area contributed by atoms with Gasteiger partial charge < -0.3 is 4.84 Å². The second-order valence-electron chi connectivity index (χ2n) is 2.92. The predicted molar refractivity (Wildman–Crippen MR) is 52.5 cm³/mol. The molecule has 0 amide bonds. The molecule has 1 rings (SSSR count). The fraction of sp³-hybridized carbons (Fsp3) is 0.222. The van der Waals surface area contributed by atoms with Crippen molar-refractivity contribution in [1.29, 1.82) is 5.53 Å². The van der Waals surface area contributed by atoms with E-state index < -0.39 is 12.0 Å². The summed E-state index contributed by atoms with van der Waals surface area (Å²) >= 11 is 0. The molecule has 1 aromatic carbocycles. The maximum absolute atomic E-state index is 11.2. The Hall–Kier alpha value is -1.95. The predicted octanol–water partition coefficient (Wildman–Crippen LogP) is 0.550. The summed E-state index contributed by atoms with van der Waals surface area (Å²) < 4.78 is 0. The Bertz CT molecular complexity index is 328. The van der Waals surface area contributed by atoms with Crippen molar-refractivity contribution in [3.63, 3.8) is 0 Å². The molecule has 0 spiro atoms. The second kappa shape index (κ2) is 5.71. The van der Waals surface area contributed by atoms with Crippen LogP contribution in [0.2, 0.25) is 0 Å². The van der Waals surface area contributed by atoms with Gasteiger partial charge in [-0.1, -0.05) is 35.6 Å². The molecule has 0 aliphatic carbocycles. The van der Waals surface area contributed by atoms with Crippen molar-refractivity contribution in [2.24, 2.45) is 11.1 Å². The lowest BCUT2D eigenvalue weighted by Gasteiger charge is -2.12. The molecule has 0 aliphatic heterocycles. The molecular formula is C9H12N4O2. The number of carbonyl (C=O) groups is 1. The van der Waals surface area contributed by atoms with Crippen LogP contribution in [0, 0.1) is 5.53 Å². The normalized spacial score (nSPS) is 11.5. The van der Waals surface area contributed by atoms with Crippen LogP contribution in [-0.2, 0) is 16.1 Å². The van der Waals surface area contributed by atoms with E-state index in [4.69, 9.17) is 11.4 Å². The average Bonchev–Trinajstić information content (AvgIpc) is 2.29. The first-order valence-electron chi connectivity index (χ1n) is 4.34. The van der Waals surface area contributed by atoms with Crippen molar-refractivity contribution in [3.8, 4) is 0 Å². The van der Waals surface area contributed by atoms with Gasteiger partial charge in [-0.2, -0.15) is 11.4 Å². The standard InChI is InChI=1S/C9H12N4O2/c10-13-12-8(9(14)15-11)6-7-4-2-1-3-5-7/h1-5,8H,6,11H2,(H2,10,12)/t8-/m0/s1. The summed E-state index contributed by atoms with van der Waals surface area (Å²) in [5.74, 6) is 4.12. The summed E-state index contributed by atoms with van der Waals surface area (Å²) in [6.07, 6.45) is 0.374. The summed E-state index contributed by atoms with van der Waals surface area (Å²) in [5.41, 5.74) is 9.89. The second-order valence-corrected chi connectivity index (χ2v) is 2.92. The molecule has 0 saturated carbocycles. The number of rotatable bonds is 5. The molecule has 0 aliphatic rings. The fourth-order valence-electron chi connectivity index (χ4n) is 1.19. The van der Waals surface area contributed by atoms with Gasteiger partial charge in [-0.15, -0.1) is 0 Å². The van der Waals surface area contributed by atoms with E-state index in [-0.39, 0.29) is 0 Å². The number of nitrogens with two attached hydrogens (primary N) is 1. The molecule has 6 heteroatoms. The Labute approximate surface area is 86.9 Å². The van der Waals surface area contributed by atoms with E-state index in [0.717, 1.165) is 5.56 Å². The van der Waals surface area contributed by atoms with Gasteiger partial charge in [0.1, 0.15) is 6.04 Å². The van der Waals surface area contributed by atoms with Crippen LogP contribution in [0.5, 0.6) is 0 Å². The van der Waals surface area contributed by atoms with Crippen LogP contribution in [0.25, 0.3) is 0 Å². The highest BCUT2D eigenvalue weighted by Crippen LogP contribution is 2.03. The van der Waals surface area contributed by atoms with Gasteiger partial charge in [0.15, 0.2) is 0 Å². The SMILES string of the molecule is N=NN[C@@H](Cc1ccccc1)C(=O)ON. The third-order valence-corrected chi connectivity index (χ3v) is 1.90. The van der Waals surface area contributed by atoms with Gasteiger partial charge in [0, 0.05) is 6.42 Å². The van der Waals surface area contributed by atoms with E-state index in [2.05, 4.69) is 15.5 Å².